The Labute approximate surface area is 138 Å². The Morgan fingerprint density at radius 3 is 2.72 bits per heavy atom. The molecule has 3 rings (SSSR count). The van der Waals surface area contributed by atoms with E-state index in [1.807, 2.05) is 0 Å². The monoisotopic (exact) mass is 353 g/mol. The maximum Gasteiger partial charge on any atom is 0.433 e. The minimum atomic E-state index is -4.58. The van der Waals surface area contributed by atoms with E-state index < -0.39 is 23.8 Å². The first-order valence-electron chi connectivity index (χ1n) is 6.93. The molecule has 1 N–H and O–H groups in total. The van der Waals surface area contributed by atoms with Crippen molar-refractivity contribution in [3.8, 4) is 11.4 Å². The molecule has 25 heavy (non-hydrogen) atoms. The summed E-state index contributed by atoms with van der Waals surface area (Å²) in [7, 11) is 0. The van der Waals surface area contributed by atoms with Gasteiger partial charge in [-0.1, -0.05) is 10.3 Å². The van der Waals surface area contributed by atoms with Crippen LogP contribution in [0.15, 0.2) is 39.6 Å². The fraction of sp³-hybridized carbons (Fsp3) is 0.214. The van der Waals surface area contributed by atoms with Crippen LogP contribution < -0.4 is 5.32 Å². The fourth-order valence-electron chi connectivity index (χ4n) is 1.92. The Hall–Kier alpha value is -3.24. The van der Waals surface area contributed by atoms with Gasteiger partial charge in [-0.2, -0.15) is 18.2 Å². The van der Waals surface area contributed by atoms with Crippen molar-refractivity contribution in [1.82, 2.24) is 25.6 Å². The van der Waals surface area contributed by atoms with Crippen molar-refractivity contribution in [1.29, 1.82) is 0 Å². The first-order chi connectivity index (χ1) is 11.8. The largest absolute Gasteiger partial charge is 0.433 e. The number of alkyl halides is 3. The second kappa shape index (κ2) is 6.34. The van der Waals surface area contributed by atoms with Gasteiger partial charge in [-0.3, -0.25) is 9.78 Å². The number of aromatic nitrogens is 4. The summed E-state index contributed by atoms with van der Waals surface area (Å²) in [6, 6.07) is 2.81. The zero-order valence-corrected chi connectivity index (χ0v) is 12.6. The normalized spacial score (nSPS) is 12.8. The smallest absolute Gasteiger partial charge is 0.351 e. The number of carbonyl (C=O) groups excluding carboxylic acids is 1. The van der Waals surface area contributed by atoms with Crippen LogP contribution in [0.2, 0.25) is 0 Å². The molecule has 0 bridgehead atoms. The van der Waals surface area contributed by atoms with E-state index >= 15 is 0 Å². The van der Waals surface area contributed by atoms with E-state index in [0.29, 0.717) is 0 Å². The van der Waals surface area contributed by atoms with Crippen molar-refractivity contribution in [2.24, 2.45) is 0 Å². The van der Waals surface area contributed by atoms with Crippen LogP contribution in [0.5, 0.6) is 0 Å². The highest BCUT2D eigenvalue weighted by Crippen LogP contribution is 2.29. The lowest BCUT2D eigenvalue weighted by Gasteiger charge is -2.07. The highest BCUT2D eigenvalue weighted by Gasteiger charge is 2.33. The van der Waals surface area contributed by atoms with Crippen molar-refractivity contribution in [3.05, 3.63) is 47.9 Å². The molecule has 130 valence electrons. The number of hydrogen-bond donors (Lipinski definition) is 1. The molecule has 3 aromatic heterocycles. The standard InChI is InChI=1S/C14H10F3N5O3/c1-7(20-12(23)9-3-5-19-24-9)13-21-11(22-25-13)8-2-4-18-10(6-8)14(15,16)17/h2-7H,1H3,(H,20,23)/t7-/m0/s1. The molecule has 0 unspecified atom stereocenters. The van der Waals surface area contributed by atoms with Crippen molar-refractivity contribution in [3.63, 3.8) is 0 Å². The number of amides is 1. The molecule has 3 heterocycles. The van der Waals surface area contributed by atoms with Gasteiger partial charge in [-0.15, -0.1) is 0 Å². The van der Waals surface area contributed by atoms with Gasteiger partial charge < -0.3 is 14.4 Å². The SMILES string of the molecule is C[C@H](NC(=O)c1ccno1)c1nc(-c2ccnc(C(F)(F)F)c2)no1. The topological polar surface area (TPSA) is 107 Å². The summed E-state index contributed by atoms with van der Waals surface area (Å²) < 4.78 is 47.8. The average Bonchev–Trinajstić information content (AvgIpc) is 3.26. The molecule has 3 aromatic rings. The summed E-state index contributed by atoms with van der Waals surface area (Å²) in [6.45, 7) is 1.57. The molecule has 1 amide bonds. The van der Waals surface area contributed by atoms with E-state index in [4.69, 9.17) is 9.05 Å². The van der Waals surface area contributed by atoms with Crippen LogP contribution in [0.25, 0.3) is 11.4 Å². The molecule has 0 radical (unpaired) electrons. The van der Waals surface area contributed by atoms with E-state index in [1.165, 1.54) is 18.3 Å². The molecule has 1 atom stereocenters. The van der Waals surface area contributed by atoms with Crippen molar-refractivity contribution >= 4 is 5.91 Å². The Bertz CT molecular complexity index is 876. The van der Waals surface area contributed by atoms with Crippen LogP contribution in [0.1, 0.15) is 35.1 Å². The van der Waals surface area contributed by atoms with Crippen molar-refractivity contribution in [2.75, 3.05) is 0 Å². The lowest BCUT2D eigenvalue weighted by atomic mass is 10.2. The first kappa shape index (κ1) is 16.6. The lowest BCUT2D eigenvalue weighted by Crippen LogP contribution is -2.26. The third-order valence-electron chi connectivity index (χ3n) is 3.13. The number of pyridine rings is 1. The van der Waals surface area contributed by atoms with Crippen LogP contribution in [0, 0.1) is 0 Å². The summed E-state index contributed by atoms with van der Waals surface area (Å²) in [5.74, 6) is -0.583. The molecule has 0 saturated heterocycles. The molecule has 0 aromatic carbocycles. The summed E-state index contributed by atoms with van der Waals surface area (Å²) in [4.78, 5) is 19.1. The highest BCUT2D eigenvalue weighted by molar-refractivity contribution is 5.91. The van der Waals surface area contributed by atoms with Gasteiger partial charge in [-0.05, 0) is 19.1 Å². The molecule has 11 heteroatoms. The van der Waals surface area contributed by atoms with E-state index in [1.54, 1.807) is 6.92 Å². The first-order valence-corrected chi connectivity index (χ1v) is 6.93. The molecule has 0 saturated carbocycles. The van der Waals surface area contributed by atoms with E-state index in [0.717, 1.165) is 12.3 Å². The third kappa shape index (κ3) is 3.65. The number of nitrogens with zero attached hydrogens (tertiary/aromatic N) is 4. The fourth-order valence-corrected chi connectivity index (χ4v) is 1.92. The molecular formula is C14H10F3N5O3. The third-order valence-corrected chi connectivity index (χ3v) is 3.13. The molecule has 0 aliphatic carbocycles. The number of nitrogens with one attached hydrogen (secondary N) is 1. The zero-order valence-electron chi connectivity index (χ0n) is 12.6. The molecular weight excluding hydrogens is 343 g/mol. The predicted molar refractivity (Wildman–Crippen MR) is 74.9 cm³/mol. The van der Waals surface area contributed by atoms with Crippen LogP contribution in [-0.4, -0.2) is 26.2 Å². The number of halogens is 3. The Morgan fingerprint density at radius 2 is 2.04 bits per heavy atom. The minimum Gasteiger partial charge on any atom is -0.351 e. The summed E-state index contributed by atoms with van der Waals surface area (Å²) in [5, 5.41) is 9.58. The molecule has 0 fully saturated rings. The highest BCUT2D eigenvalue weighted by atomic mass is 19.4. The van der Waals surface area contributed by atoms with Gasteiger partial charge >= 0.3 is 6.18 Å². The maximum atomic E-state index is 12.7. The van der Waals surface area contributed by atoms with Crippen LogP contribution in [0.3, 0.4) is 0 Å². The number of rotatable bonds is 4. The summed E-state index contributed by atoms with van der Waals surface area (Å²) in [5.41, 5.74) is -0.978. The Kier molecular flexibility index (Phi) is 4.21. The summed E-state index contributed by atoms with van der Waals surface area (Å²) in [6.07, 6.45) is -2.27. The van der Waals surface area contributed by atoms with Crippen LogP contribution in [0.4, 0.5) is 13.2 Å². The van der Waals surface area contributed by atoms with Gasteiger partial charge in [0.2, 0.25) is 17.5 Å². The van der Waals surface area contributed by atoms with Gasteiger partial charge in [0, 0.05) is 17.8 Å². The van der Waals surface area contributed by atoms with Gasteiger partial charge in [0.15, 0.2) is 0 Å². The number of carbonyl (C=O) groups is 1. The zero-order chi connectivity index (χ0) is 18.0. The van der Waals surface area contributed by atoms with Gasteiger partial charge in [-0.25, -0.2) is 0 Å². The minimum absolute atomic E-state index is 0.00413. The van der Waals surface area contributed by atoms with Gasteiger partial charge in [0.1, 0.15) is 11.7 Å². The van der Waals surface area contributed by atoms with E-state index in [2.05, 4.69) is 25.6 Å². The quantitative estimate of drug-likeness (QED) is 0.768. The van der Waals surface area contributed by atoms with E-state index in [-0.39, 0.29) is 23.0 Å². The second-order valence-electron chi connectivity index (χ2n) is 4.96. The van der Waals surface area contributed by atoms with Gasteiger partial charge in [0.05, 0.1) is 6.20 Å². The predicted octanol–water partition coefficient (Wildman–Crippen LogP) is 2.63. The van der Waals surface area contributed by atoms with Gasteiger partial charge in [0.25, 0.3) is 5.91 Å². The Balaban J connectivity index is 1.77. The van der Waals surface area contributed by atoms with Crippen molar-refractivity contribution < 1.29 is 27.0 Å². The van der Waals surface area contributed by atoms with Crippen LogP contribution in [-0.2, 0) is 6.18 Å². The molecule has 0 aliphatic heterocycles. The van der Waals surface area contributed by atoms with Crippen LogP contribution >= 0.6 is 0 Å². The average molecular weight is 353 g/mol. The van der Waals surface area contributed by atoms with E-state index in [9.17, 15) is 18.0 Å². The lowest BCUT2D eigenvalue weighted by molar-refractivity contribution is -0.141. The van der Waals surface area contributed by atoms with Crippen molar-refractivity contribution in [2.45, 2.75) is 19.1 Å². The Morgan fingerprint density at radius 1 is 1.24 bits per heavy atom. The summed E-state index contributed by atoms with van der Waals surface area (Å²) >= 11 is 0. The molecule has 8 nitrogen and oxygen atoms in total. The maximum absolute atomic E-state index is 12.7. The second-order valence-corrected chi connectivity index (χ2v) is 4.96. The molecule has 0 spiro atoms. The number of hydrogen-bond acceptors (Lipinski definition) is 7. The molecule has 0 aliphatic rings.